The molecule has 1 amide bonds. The Labute approximate surface area is 178 Å². The molecule has 30 heavy (non-hydrogen) atoms. The number of fused-ring (bicyclic) bond motifs is 2. The average molecular weight is 407 g/mol. The van der Waals surface area contributed by atoms with Gasteiger partial charge in [0.25, 0.3) is 5.91 Å². The van der Waals surface area contributed by atoms with Crippen LogP contribution in [0.5, 0.6) is 5.75 Å². The smallest absolute Gasteiger partial charge is 0.253 e. The number of hydrogen-bond acceptors (Lipinski definition) is 4. The Balaban J connectivity index is 1.51. The summed E-state index contributed by atoms with van der Waals surface area (Å²) in [6.45, 7) is 9.16. The summed E-state index contributed by atoms with van der Waals surface area (Å²) in [4.78, 5) is 17.5. The van der Waals surface area contributed by atoms with Gasteiger partial charge in [0.05, 0.1) is 11.6 Å². The van der Waals surface area contributed by atoms with E-state index in [-0.39, 0.29) is 17.6 Å². The maximum atomic E-state index is 13.2. The van der Waals surface area contributed by atoms with Crippen molar-refractivity contribution >= 4 is 5.91 Å². The van der Waals surface area contributed by atoms with Crippen LogP contribution in [0.25, 0.3) is 0 Å². The largest absolute Gasteiger partial charge is 0.491 e. The molecule has 2 aromatic rings. The van der Waals surface area contributed by atoms with E-state index in [2.05, 4.69) is 28.7 Å². The molecule has 4 rings (SSSR count). The van der Waals surface area contributed by atoms with Crippen LogP contribution in [0.2, 0.25) is 0 Å². The van der Waals surface area contributed by atoms with E-state index in [9.17, 15) is 10.1 Å². The molecule has 1 aromatic carbocycles. The lowest BCUT2D eigenvalue weighted by molar-refractivity contribution is 0.0130. The van der Waals surface area contributed by atoms with Crippen LogP contribution in [0, 0.1) is 18.3 Å². The second-order valence-electron chi connectivity index (χ2n) is 8.76. The van der Waals surface area contributed by atoms with E-state index in [0.717, 1.165) is 42.9 Å². The van der Waals surface area contributed by atoms with Crippen LogP contribution in [-0.4, -0.2) is 53.1 Å². The fourth-order valence-corrected chi connectivity index (χ4v) is 4.94. The van der Waals surface area contributed by atoms with Gasteiger partial charge in [-0.15, -0.1) is 0 Å². The van der Waals surface area contributed by atoms with Crippen molar-refractivity contribution in [2.45, 2.75) is 51.8 Å². The van der Waals surface area contributed by atoms with Crippen LogP contribution in [0.15, 0.2) is 30.3 Å². The molecule has 1 fully saturated rings. The molecule has 0 unspecified atom stereocenters. The van der Waals surface area contributed by atoms with Gasteiger partial charge in [0.15, 0.2) is 0 Å². The summed E-state index contributed by atoms with van der Waals surface area (Å²) in [7, 11) is 2.16. The molecule has 0 saturated carbocycles. The highest BCUT2D eigenvalue weighted by atomic mass is 16.5. The first-order valence-corrected chi connectivity index (χ1v) is 10.7. The molecular formula is C24H30N4O2. The number of nitrogens with zero attached hydrogens (tertiary/aromatic N) is 4. The number of piperidine rings is 1. The molecule has 1 spiro atoms. The highest BCUT2D eigenvalue weighted by Gasteiger charge is 2.45. The molecule has 0 N–H and O–H groups in total. The molecule has 2 aliphatic rings. The van der Waals surface area contributed by atoms with Crippen molar-refractivity contribution in [2.75, 3.05) is 26.7 Å². The van der Waals surface area contributed by atoms with Gasteiger partial charge in [-0.25, -0.2) is 0 Å². The lowest BCUT2D eigenvalue weighted by Gasteiger charge is -2.50. The monoisotopic (exact) mass is 406 g/mol. The van der Waals surface area contributed by atoms with E-state index in [1.165, 1.54) is 5.69 Å². The predicted molar refractivity (Wildman–Crippen MR) is 116 cm³/mol. The van der Waals surface area contributed by atoms with Crippen LogP contribution >= 0.6 is 0 Å². The SMILES string of the molecule is Cc1cc(C(=O)N2CCC3(CC2)c2ccc(C#N)n2CCN3C)ccc1OC(C)C. The summed E-state index contributed by atoms with van der Waals surface area (Å²) in [5, 5.41) is 9.42. The van der Waals surface area contributed by atoms with Gasteiger partial charge in [-0.2, -0.15) is 5.26 Å². The van der Waals surface area contributed by atoms with Gasteiger partial charge < -0.3 is 14.2 Å². The van der Waals surface area contributed by atoms with Crippen LogP contribution in [0.4, 0.5) is 0 Å². The van der Waals surface area contributed by atoms with Crippen molar-refractivity contribution in [1.82, 2.24) is 14.4 Å². The van der Waals surface area contributed by atoms with E-state index < -0.39 is 0 Å². The zero-order valence-electron chi connectivity index (χ0n) is 18.3. The fraction of sp³-hybridized carbons (Fsp3) is 0.500. The molecular weight excluding hydrogens is 376 g/mol. The van der Waals surface area contributed by atoms with Gasteiger partial charge in [-0.3, -0.25) is 9.69 Å². The van der Waals surface area contributed by atoms with E-state index in [0.29, 0.717) is 18.7 Å². The zero-order chi connectivity index (χ0) is 21.5. The molecule has 1 aromatic heterocycles. The Hall–Kier alpha value is -2.78. The van der Waals surface area contributed by atoms with E-state index in [1.807, 2.05) is 49.9 Å². The summed E-state index contributed by atoms with van der Waals surface area (Å²) >= 11 is 0. The first-order chi connectivity index (χ1) is 14.4. The van der Waals surface area contributed by atoms with E-state index >= 15 is 0 Å². The lowest BCUT2D eigenvalue weighted by Crippen LogP contribution is -2.56. The maximum Gasteiger partial charge on any atom is 0.253 e. The first kappa shape index (κ1) is 20.5. The Morgan fingerprint density at radius 3 is 2.50 bits per heavy atom. The Kier molecular flexibility index (Phi) is 5.33. The third-order valence-corrected chi connectivity index (χ3v) is 6.62. The van der Waals surface area contributed by atoms with Gasteiger partial charge in [0, 0.05) is 37.4 Å². The first-order valence-electron chi connectivity index (χ1n) is 10.7. The molecule has 6 heteroatoms. The molecule has 2 aliphatic heterocycles. The van der Waals surface area contributed by atoms with Gasteiger partial charge in [-0.05, 0) is 76.6 Å². The maximum absolute atomic E-state index is 13.2. The number of ether oxygens (including phenoxy) is 1. The lowest BCUT2D eigenvalue weighted by atomic mass is 9.81. The minimum atomic E-state index is -0.102. The number of benzene rings is 1. The fourth-order valence-electron chi connectivity index (χ4n) is 4.94. The molecule has 0 bridgehead atoms. The van der Waals surface area contributed by atoms with E-state index in [4.69, 9.17) is 4.74 Å². The molecule has 0 radical (unpaired) electrons. The van der Waals surface area contributed by atoms with Gasteiger partial charge in [-0.1, -0.05) is 0 Å². The molecule has 3 heterocycles. The number of amides is 1. The third-order valence-electron chi connectivity index (χ3n) is 6.62. The minimum absolute atomic E-state index is 0.0793. The number of likely N-dealkylation sites (N-methyl/N-ethyl adjacent to an activating group) is 1. The predicted octanol–water partition coefficient (Wildman–Crippen LogP) is 3.53. The number of carbonyl (C=O) groups is 1. The standard InChI is InChI=1S/C24H30N4O2/c1-17(2)30-21-7-5-19(15-18(21)3)23(29)27-11-9-24(10-12-27)22-8-6-20(16-25)28(22)14-13-26(24)4/h5-8,15,17H,9-14H2,1-4H3. The number of carbonyl (C=O) groups excluding carboxylic acids is 1. The average Bonchev–Trinajstić information content (AvgIpc) is 3.16. The van der Waals surface area contributed by atoms with Gasteiger partial charge in [0.1, 0.15) is 17.5 Å². The number of aromatic nitrogens is 1. The summed E-state index contributed by atoms with van der Waals surface area (Å²) < 4.78 is 7.96. The Bertz CT molecular complexity index is 993. The molecule has 0 aliphatic carbocycles. The number of rotatable bonds is 3. The highest BCUT2D eigenvalue weighted by molar-refractivity contribution is 5.94. The van der Waals surface area contributed by atoms with Crippen LogP contribution < -0.4 is 4.74 Å². The van der Waals surface area contributed by atoms with Gasteiger partial charge in [0.2, 0.25) is 0 Å². The number of aryl methyl sites for hydroxylation is 1. The molecule has 0 atom stereocenters. The Morgan fingerprint density at radius 2 is 1.87 bits per heavy atom. The van der Waals surface area contributed by atoms with Crippen molar-refractivity contribution in [3.63, 3.8) is 0 Å². The van der Waals surface area contributed by atoms with E-state index in [1.54, 1.807) is 0 Å². The highest BCUT2D eigenvalue weighted by Crippen LogP contribution is 2.41. The number of nitriles is 1. The third kappa shape index (κ3) is 3.37. The van der Waals surface area contributed by atoms with Crippen LogP contribution in [-0.2, 0) is 12.1 Å². The minimum Gasteiger partial charge on any atom is -0.491 e. The van der Waals surface area contributed by atoms with Crippen LogP contribution in [0.1, 0.15) is 54.0 Å². The quantitative estimate of drug-likeness (QED) is 0.782. The van der Waals surface area contributed by atoms with Crippen molar-refractivity contribution in [3.05, 3.63) is 52.8 Å². The topological polar surface area (TPSA) is 61.5 Å². The summed E-state index contributed by atoms with van der Waals surface area (Å²) in [6, 6.07) is 12.0. The normalized spacial score (nSPS) is 18.3. The summed E-state index contributed by atoms with van der Waals surface area (Å²) in [6.07, 6.45) is 1.85. The zero-order valence-corrected chi connectivity index (χ0v) is 18.3. The van der Waals surface area contributed by atoms with Gasteiger partial charge >= 0.3 is 0 Å². The second-order valence-corrected chi connectivity index (χ2v) is 8.76. The van der Waals surface area contributed by atoms with Crippen molar-refractivity contribution in [1.29, 1.82) is 5.26 Å². The summed E-state index contributed by atoms with van der Waals surface area (Å²) in [5.74, 6) is 0.910. The summed E-state index contributed by atoms with van der Waals surface area (Å²) in [5.41, 5.74) is 3.54. The van der Waals surface area contributed by atoms with Crippen LogP contribution in [0.3, 0.4) is 0 Å². The molecule has 1 saturated heterocycles. The number of hydrogen-bond donors (Lipinski definition) is 0. The van der Waals surface area contributed by atoms with Crippen molar-refractivity contribution in [2.24, 2.45) is 0 Å². The Morgan fingerprint density at radius 1 is 1.13 bits per heavy atom. The van der Waals surface area contributed by atoms with Crippen molar-refractivity contribution in [3.8, 4) is 11.8 Å². The number of likely N-dealkylation sites (tertiary alicyclic amines) is 1. The second kappa shape index (κ2) is 7.81. The van der Waals surface area contributed by atoms with Crippen molar-refractivity contribution < 1.29 is 9.53 Å². The molecule has 158 valence electrons. The molecule has 6 nitrogen and oxygen atoms in total.